The highest BCUT2D eigenvalue weighted by molar-refractivity contribution is 5.07. The second-order valence-corrected chi connectivity index (χ2v) is 5.71. The Morgan fingerprint density at radius 2 is 1.38 bits per heavy atom. The molecular weight excluding hydrogens is 156 g/mol. The summed E-state index contributed by atoms with van der Waals surface area (Å²) in [6, 6.07) is 0. The first-order valence-corrected chi connectivity index (χ1v) is 6.42. The van der Waals surface area contributed by atoms with Crippen molar-refractivity contribution in [1.82, 2.24) is 0 Å². The van der Waals surface area contributed by atoms with Crippen molar-refractivity contribution in [2.24, 2.45) is 17.3 Å². The summed E-state index contributed by atoms with van der Waals surface area (Å²) >= 11 is 0. The van der Waals surface area contributed by atoms with Crippen molar-refractivity contribution in [3.8, 4) is 0 Å². The molecule has 0 aromatic rings. The van der Waals surface area contributed by atoms with Crippen LogP contribution in [0.25, 0.3) is 0 Å². The largest absolute Gasteiger partial charge is 0.0533 e. The van der Waals surface area contributed by atoms with Crippen LogP contribution in [0, 0.1) is 17.3 Å². The van der Waals surface area contributed by atoms with Crippen LogP contribution in [-0.4, -0.2) is 0 Å². The molecule has 0 saturated heterocycles. The van der Waals surface area contributed by atoms with E-state index in [-0.39, 0.29) is 0 Å². The van der Waals surface area contributed by atoms with Crippen molar-refractivity contribution in [2.45, 2.75) is 64.2 Å². The summed E-state index contributed by atoms with van der Waals surface area (Å²) < 4.78 is 0. The van der Waals surface area contributed by atoms with Crippen LogP contribution in [-0.2, 0) is 0 Å². The van der Waals surface area contributed by atoms with E-state index in [0.29, 0.717) is 0 Å². The third-order valence-corrected chi connectivity index (χ3v) is 5.14. The third-order valence-electron chi connectivity index (χ3n) is 5.14. The fraction of sp³-hybridized carbons (Fsp3) is 1.00. The monoisotopic (exact) mass is 178 g/mol. The molecule has 0 radical (unpaired) electrons. The van der Waals surface area contributed by atoms with Gasteiger partial charge in [0.2, 0.25) is 0 Å². The summed E-state index contributed by atoms with van der Waals surface area (Å²) in [7, 11) is 0. The minimum atomic E-state index is 0.915. The molecule has 2 atom stereocenters. The zero-order valence-electron chi connectivity index (χ0n) is 8.73. The average molecular weight is 178 g/mol. The van der Waals surface area contributed by atoms with Crippen LogP contribution < -0.4 is 0 Å². The van der Waals surface area contributed by atoms with Crippen LogP contribution in [0.3, 0.4) is 0 Å². The van der Waals surface area contributed by atoms with E-state index in [4.69, 9.17) is 0 Å². The summed E-state index contributed by atoms with van der Waals surface area (Å²) in [5.74, 6) is 2.34. The maximum atomic E-state index is 1.62. The van der Waals surface area contributed by atoms with Gasteiger partial charge in [-0.1, -0.05) is 32.1 Å². The second-order valence-electron chi connectivity index (χ2n) is 5.71. The Morgan fingerprint density at radius 3 is 2.15 bits per heavy atom. The summed E-state index contributed by atoms with van der Waals surface area (Å²) in [4.78, 5) is 0. The predicted octanol–water partition coefficient (Wildman–Crippen LogP) is 4.15. The van der Waals surface area contributed by atoms with E-state index in [2.05, 4.69) is 0 Å². The van der Waals surface area contributed by atoms with Gasteiger partial charge in [-0.15, -0.1) is 0 Å². The van der Waals surface area contributed by atoms with Crippen molar-refractivity contribution in [1.29, 1.82) is 0 Å². The number of hydrogen-bond acceptors (Lipinski definition) is 0. The molecule has 0 spiro atoms. The summed E-state index contributed by atoms with van der Waals surface area (Å²) in [5, 5.41) is 0. The Kier molecular flexibility index (Phi) is 1.92. The van der Waals surface area contributed by atoms with E-state index in [0.717, 1.165) is 11.3 Å². The molecular formula is C13H22. The zero-order chi connectivity index (χ0) is 8.73. The lowest BCUT2D eigenvalue weighted by Crippen LogP contribution is -2.23. The van der Waals surface area contributed by atoms with Crippen LogP contribution in [0.2, 0.25) is 0 Å². The fourth-order valence-electron chi connectivity index (χ4n) is 4.32. The number of rotatable bonds is 1. The highest BCUT2D eigenvalue weighted by Crippen LogP contribution is 2.67. The molecule has 0 aromatic carbocycles. The first-order chi connectivity index (χ1) is 6.42. The Hall–Kier alpha value is 0. The maximum absolute atomic E-state index is 1.62. The van der Waals surface area contributed by atoms with Crippen molar-refractivity contribution in [3.63, 3.8) is 0 Å². The van der Waals surface area contributed by atoms with Crippen molar-refractivity contribution in [3.05, 3.63) is 0 Å². The van der Waals surface area contributed by atoms with Gasteiger partial charge in [0, 0.05) is 0 Å². The second kappa shape index (κ2) is 3.00. The van der Waals surface area contributed by atoms with Gasteiger partial charge in [-0.25, -0.2) is 0 Å². The lowest BCUT2D eigenvalue weighted by molar-refractivity contribution is 0.172. The van der Waals surface area contributed by atoms with Crippen LogP contribution in [0.5, 0.6) is 0 Å². The Morgan fingerprint density at radius 1 is 0.692 bits per heavy atom. The van der Waals surface area contributed by atoms with Gasteiger partial charge < -0.3 is 0 Å². The van der Waals surface area contributed by atoms with Gasteiger partial charge in [0.1, 0.15) is 0 Å². The SMILES string of the molecule is C1CCC(C23CCCCC2C3)CC1. The van der Waals surface area contributed by atoms with Gasteiger partial charge in [0.05, 0.1) is 0 Å². The van der Waals surface area contributed by atoms with Crippen LogP contribution in [0.15, 0.2) is 0 Å². The molecule has 0 bridgehead atoms. The molecule has 2 unspecified atom stereocenters. The third kappa shape index (κ3) is 1.25. The zero-order valence-corrected chi connectivity index (χ0v) is 8.73. The molecule has 0 amide bonds. The van der Waals surface area contributed by atoms with Gasteiger partial charge in [-0.3, -0.25) is 0 Å². The number of fused-ring (bicyclic) bond motifs is 1. The van der Waals surface area contributed by atoms with Gasteiger partial charge in [-0.2, -0.15) is 0 Å². The van der Waals surface area contributed by atoms with Crippen LogP contribution >= 0.6 is 0 Å². The topological polar surface area (TPSA) is 0 Å². The van der Waals surface area contributed by atoms with Crippen LogP contribution in [0.1, 0.15) is 64.2 Å². The minimum Gasteiger partial charge on any atom is -0.0533 e. The molecule has 3 aliphatic rings. The molecule has 0 aliphatic heterocycles. The van der Waals surface area contributed by atoms with Crippen molar-refractivity contribution < 1.29 is 0 Å². The van der Waals surface area contributed by atoms with E-state index in [1.54, 1.807) is 57.8 Å². The fourth-order valence-corrected chi connectivity index (χ4v) is 4.32. The standard InChI is InChI=1S/C13H22/c1-2-6-11(7-3-1)13-9-5-4-8-12(13)10-13/h11-12H,1-10H2. The molecule has 3 fully saturated rings. The highest BCUT2D eigenvalue weighted by Gasteiger charge is 2.58. The quantitative estimate of drug-likeness (QED) is 0.566. The first kappa shape index (κ1) is 8.32. The van der Waals surface area contributed by atoms with E-state index >= 15 is 0 Å². The van der Waals surface area contributed by atoms with E-state index in [9.17, 15) is 0 Å². The Bertz CT molecular complexity index is 190. The molecule has 0 heteroatoms. The lowest BCUT2D eigenvalue weighted by atomic mass is 9.72. The Labute approximate surface area is 82.1 Å². The molecule has 74 valence electrons. The smallest absolute Gasteiger partial charge is 0.0238 e. The molecule has 13 heavy (non-hydrogen) atoms. The molecule has 3 aliphatic carbocycles. The van der Waals surface area contributed by atoms with Gasteiger partial charge in [-0.05, 0) is 49.4 Å². The molecule has 3 saturated carbocycles. The normalized spacial score (nSPS) is 45.7. The molecule has 0 heterocycles. The number of hydrogen-bond donors (Lipinski definition) is 0. The first-order valence-electron chi connectivity index (χ1n) is 6.42. The van der Waals surface area contributed by atoms with E-state index in [1.807, 2.05) is 0 Å². The molecule has 3 rings (SSSR count). The maximum Gasteiger partial charge on any atom is -0.0238 e. The van der Waals surface area contributed by atoms with E-state index in [1.165, 1.54) is 12.3 Å². The molecule has 0 nitrogen and oxygen atoms in total. The minimum absolute atomic E-state index is 0.915. The Balaban J connectivity index is 1.69. The summed E-state index contributed by atoms with van der Waals surface area (Å²) in [6.45, 7) is 0. The highest BCUT2D eigenvalue weighted by atomic mass is 14.6. The van der Waals surface area contributed by atoms with Crippen molar-refractivity contribution >= 4 is 0 Å². The van der Waals surface area contributed by atoms with Crippen LogP contribution in [0.4, 0.5) is 0 Å². The van der Waals surface area contributed by atoms with E-state index < -0.39 is 0 Å². The van der Waals surface area contributed by atoms with Crippen molar-refractivity contribution in [2.75, 3.05) is 0 Å². The summed E-state index contributed by atoms with van der Waals surface area (Å²) in [5.41, 5.74) is 0.915. The van der Waals surface area contributed by atoms with Gasteiger partial charge in [0.25, 0.3) is 0 Å². The predicted molar refractivity (Wildman–Crippen MR) is 55.6 cm³/mol. The lowest BCUT2D eigenvalue weighted by Gasteiger charge is -2.33. The summed E-state index contributed by atoms with van der Waals surface area (Å²) in [6.07, 6.45) is 15.7. The molecule has 0 aromatic heterocycles. The van der Waals surface area contributed by atoms with Gasteiger partial charge >= 0.3 is 0 Å². The molecule has 0 N–H and O–H groups in total. The van der Waals surface area contributed by atoms with Gasteiger partial charge in [0.15, 0.2) is 0 Å². The average Bonchev–Trinajstić information content (AvgIpc) is 2.94.